The van der Waals surface area contributed by atoms with Gasteiger partial charge in [0, 0.05) is 6.54 Å². The number of nitrogens with two attached hydrogens (primary N) is 1. The molecule has 0 aromatic carbocycles. The van der Waals surface area contributed by atoms with Crippen LogP contribution in [0.5, 0.6) is 0 Å². The molecule has 0 saturated carbocycles. The largest absolute Gasteiger partial charge is 0.330 e. The lowest BCUT2D eigenvalue weighted by atomic mass is 9.91. The highest BCUT2D eigenvalue weighted by molar-refractivity contribution is 9.10. The zero-order chi connectivity index (χ0) is 12.3. The quantitative estimate of drug-likeness (QED) is 0.905. The van der Waals surface area contributed by atoms with Crippen LogP contribution >= 0.6 is 15.9 Å². The first-order valence-corrected chi connectivity index (χ1v) is 6.72. The van der Waals surface area contributed by atoms with Crippen molar-refractivity contribution in [1.29, 1.82) is 0 Å². The Kier molecular flexibility index (Phi) is 4.99. The van der Waals surface area contributed by atoms with Crippen molar-refractivity contribution in [3.63, 3.8) is 0 Å². The van der Waals surface area contributed by atoms with Gasteiger partial charge in [0.05, 0.1) is 15.9 Å². The third-order valence-electron chi connectivity index (χ3n) is 3.15. The molecule has 0 spiro atoms. The molecule has 4 heteroatoms. The monoisotopic (exact) mass is 287 g/mol. The van der Waals surface area contributed by atoms with Gasteiger partial charge in [-0.1, -0.05) is 13.8 Å². The fourth-order valence-corrected chi connectivity index (χ4v) is 2.35. The van der Waals surface area contributed by atoms with E-state index in [9.17, 15) is 0 Å². The zero-order valence-corrected chi connectivity index (χ0v) is 12.2. The van der Waals surface area contributed by atoms with Gasteiger partial charge in [-0.15, -0.1) is 0 Å². The lowest BCUT2D eigenvalue weighted by Crippen LogP contribution is -2.23. The summed E-state index contributed by atoms with van der Waals surface area (Å²) in [6.45, 7) is 10.3. The Morgan fingerprint density at radius 1 is 1.44 bits per heavy atom. The number of aromatic nitrogens is 2. The van der Waals surface area contributed by atoms with E-state index in [0.717, 1.165) is 29.7 Å². The Morgan fingerprint density at radius 2 is 2.06 bits per heavy atom. The minimum Gasteiger partial charge on any atom is -0.330 e. The topological polar surface area (TPSA) is 43.8 Å². The minimum atomic E-state index is 0.526. The molecule has 1 unspecified atom stereocenters. The summed E-state index contributed by atoms with van der Waals surface area (Å²) >= 11 is 3.62. The number of rotatable bonds is 5. The number of halogens is 1. The average molecular weight is 288 g/mol. The van der Waals surface area contributed by atoms with Crippen LogP contribution in [-0.4, -0.2) is 16.3 Å². The summed E-state index contributed by atoms with van der Waals surface area (Å²) < 4.78 is 3.22. The molecule has 92 valence electrons. The summed E-state index contributed by atoms with van der Waals surface area (Å²) in [5.74, 6) is 1.13. The van der Waals surface area contributed by atoms with Crippen molar-refractivity contribution in [3.05, 3.63) is 15.9 Å². The molecule has 2 N–H and O–H groups in total. The Morgan fingerprint density at radius 3 is 2.50 bits per heavy atom. The fraction of sp³-hybridized carbons (Fsp3) is 0.750. The van der Waals surface area contributed by atoms with Crippen molar-refractivity contribution in [2.24, 2.45) is 17.6 Å². The average Bonchev–Trinajstić information content (AvgIpc) is 2.51. The molecular formula is C12H22BrN3. The standard InChI is InChI=1S/C12H22BrN3/c1-5-16-11(12(13)9(4)15-16)6-10(7-14)8(2)3/h8,10H,5-7,14H2,1-4H3. The first kappa shape index (κ1) is 13.7. The zero-order valence-electron chi connectivity index (χ0n) is 10.6. The lowest BCUT2D eigenvalue weighted by Gasteiger charge is -2.19. The van der Waals surface area contributed by atoms with E-state index in [1.54, 1.807) is 0 Å². The molecule has 0 aliphatic heterocycles. The third-order valence-corrected chi connectivity index (χ3v) is 4.19. The van der Waals surface area contributed by atoms with Crippen LogP contribution in [0.1, 0.15) is 32.2 Å². The summed E-state index contributed by atoms with van der Waals surface area (Å²) in [6, 6.07) is 0. The maximum atomic E-state index is 5.82. The van der Waals surface area contributed by atoms with Gasteiger partial charge in [0.25, 0.3) is 0 Å². The molecule has 0 aliphatic rings. The lowest BCUT2D eigenvalue weighted by molar-refractivity contribution is 0.380. The van der Waals surface area contributed by atoms with Crippen LogP contribution in [0.25, 0.3) is 0 Å². The summed E-state index contributed by atoms with van der Waals surface area (Å²) in [5.41, 5.74) is 8.17. The smallest absolute Gasteiger partial charge is 0.0738 e. The van der Waals surface area contributed by atoms with Crippen molar-refractivity contribution in [2.75, 3.05) is 6.54 Å². The van der Waals surface area contributed by atoms with Crippen LogP contribution in [0.15, 0.2) is 4.47 Å². The molecule has 1 heterocycles. The third kappa shape index (κ3) is 2.86. The van der Waals surface area contributed by atoms with E-state index in [-0.39, 0.29) is 0 Å². The molecule has 0 radical (unpaired) electrons. The van der Waals surface area contributed by atoms with E-state index in [4.69, 9.17) is 5.73 Å². The molecule has 0 aliphatic carbocycles. The second kappa shape index (κ2) is 5.82. The van der Waals surface area contributed by atoms with Gasteiger partial charge >= 0.3 is 0 Å². The number of hydrogen-bond donors (Lipinski definition) is 1. The van der Waals surface area contributed by atoms with Gasteiger partial charge in [-0.05, 0) is 54.6 Å². The molecule has 1 aromatic heterocycles. The molecule has 1 atom stereocenters. The Balaban J connectivity index is 2.94. The predicted molar refractivity (Wildman–Crippen MR) is 71.4 cm³/mol. The summed E-state index contributed by atoms with van der Waals surface area (Å²) in [6.07, 6.45) is 1.00. The molecule has 0 fully saturated rings. The van der Waals surface area contributed by atoms with Crippen molar-refractivity contribution in [1.82, 2.24) is 9.78 Å². The van der Waals surface area contributed by atoms with Crippen molar-refractivity contribution in [2.45, 2.75) is 40.7 Å². The van der Waals surface area contributed by atoms with Gasteiger partial charge in [0.2, 0.25) is 0 Å². The SMILES string of the molecule is CCn1nc(C)c(Br)c1CC(CN)C(C)C. The van der Waals surface area contributed by atoms with Gasteiger partial charge in [0.1, 0.15) is 0 Å². The first-order valence-electron chi connectivity index (χ1n) is 5.93. The van der Waals surface area contributed by atoms with Gasteiger partial charge in [0.15, 0.2) is 0 Å². The normalized spacial score (nSPS) is 13.4. The van der Waals surface area contributed by atoms with Crippen LogP contribution in [0.3, 0.4) is 0 Å². The summed E-state index contributed by atoms with van der Waals surface area (Å²) in [7, 11) is 0. The highest BCUT2D eigenvalue weighted by Gasteiger charge is 2.18. The van der Waals surface area contributed by atoms with Gasteiger partial charge in [-0.3, -0.25) is 4.68 Å². The fourth-order valence-electron chi connectivity index (χ4n) is 1.90. The maximum Gasteiger partial charge on any atom is 0.0738 e. The minimum absolute atomic E-state index is 0.526. The second-order valence-corrected chi connectivity index (χ2v) is 5.40. The number of nitrogens with zero attached hydrogens (tertiary/aromatic N) is 2. The van der Waals surface area contributed by atoms with Crippen LogP contribution < -0.4 is 5.73 Å². The van der Waals surface area contributed by atoms with E-state index in [2.05, 4.69) is 46.5 Å². The molecule has 1 aromatic rings. The van der Waals surface area contributed by atoms with Crippen LogP contribution in [0.2, 0.25) is 0 Å². The summed E-state index contributed by atoms with van der Waals surface area (Å²) in [5, 5.41) is 4.50. The first-order chi connectivity index (χ1) is 7.51. The van der Waals surface area contributed by atoms with Crippen molar-refractivity contribution >= 4 is 15.9 Å². The van der Waals surface area contributed by atoms with Crippen molar-refractivity contribution < 1.29 is 0 Å². The van der Waals surface area contributed by atoms with E-state index >= 15 is 0 Å². The molecule has 16 heavy (non-hydrogen) atoms. The molecule has 1 rings (SSSR count). The van der Waals surface area contributed by atoms with E-state index < -0.39 is 0 Å². The molecule has 0 amide bonds. The van der Waals surface area contributed by atoms with Gasteiger partial charge in [-0.25, -0.2) is 0 Å². The van der Waals surface area contributed by atoms with E-state index in [1.165, 1.54) is 5.69 Å². The highest BCUT2D eigenvalue weighted by Crippen LogP contribution is 2.25. The van der Waals surface area contributed by atoms with Crippen LogP contribution in [0.4, 0.5) is 0 Å². The molecule has 3 nitrogen and oxygen atoms in total. The van der Waals surface area contributed by atoms with E-state index in [1.807, 2.05) is 6.92 Å². The summed E-state index contributed by atoms with van der Waals surface area (Å²) in [4.78, 5) is 0. The maximum absolute atomic E-state index is 5.82. The second-order valence-electron chi connectivity index (χ2n) is 4.61. The van der Waals surface area contributed by atoms with Crippen LogP contribution in [-0.2, 0) is 13.0 Å². The van der Waals surface area contributed by atoms with Gasteiger partial charge < -0.3 is 5.73 Å². The Bertz CT molecular complexity index is 344. The predicted octanol–water partition coefficient (Wildman–Crippen LogP) is 2.75. The molecule has 0 saturated heterocycles. The molecular weight excluding hydrogens is 266 g/mol. The van der Waals surface area contributed by atoms with E-state index in [0.29, 0.717) is 11.8 Å². The van der Waals surface area contributed by atoms with Crippen molar-refractivity contribution in [3.8, 4) is 0 Å². The highest BCUT2D eigenvalue weighted by atomic mass is 79.9. The number of hydrogen-bond acceptors (Lipinski definition) is 2. The van der Waals surface area contributed by atoms with Crippen LogP contribution in [0, 0.1) is 18.8 Å². The van der Waals surface area contributed by atoms with Gasteiger partial charge in [-0.2, -0.15) is 5.10 Å². The Hall–Kier alpha value is -0.350. The molecule has 0 bridgehead atoms. The Labute approximate surface area is 107 Å². The number of aryl methyl sites for hydroxylation is 2.